The van der Waals surface area contributed by atoms with Gasteiger partial charge in [-0.1, -0.05) is 24.3 Å². The average Bonchev–Trinajstić information content (AvgIpc) is 2.40. The van der Waals surface area contributed by atoms with E-state index < -0.39 is 0 Å². The van der Waals surface area contributed by atoms with E-state index in [0.717, 1.165) is 11.5 Å². The Labute approximate surface area is 117 Å². The molecule has 1 aromatic rings. The van der Waals surface area contributed by atoms with E-state index in [2.05, 4.69) is 31.3 Å². The first kappa shape index (κ1) is 13.8. The van der Waals surface area contributed by atoms with Crippen LogP contribution >= 0.6 is 23.5 Å². The number of hydrogen-bond acceptors (Lipinski definition) is 3. The molecule has 1 aliphatic rings. The summed E-state index contributed by atoms with van der Waals surface area (Å²) >= 11 is 3.66. The lowest BCUT2D eigenvalue weighted by molar-refractivity contribution is -0.120. The van der Waals surface area contributed by atoms with Gasteiger partial charge in [0.2, 0.25) is 5.91 Å². The monoisotopic (exact) mass is 281 g/mol. The van der Waals surface area contributed by atoms with Gasteiger partial charge >= 0.3 is 0 Å². The second kappa shape index (κ2) is 6.53. The number of aryl methyl sites for hydroxylation is 1. The van der Waals surface area contributed by atoms with Gasteiger partial charge in [0.15, 0.2) is 0 Å². The Balaban J connectivity index is 1.96. The maximum Gasteiger partial charge on any atom is 0.234 e. The summed E-state index contributed by atoms with van der Waals surface area (Å²) in [6.45, 7) is 4.14. The first-order valence-electron chi connectivity index (χ1n) is 6.23. The lowest BCUT2D eigenvalue weighted by Crippen LogP contribution is -2.37. The molecule has 0 saturated carbocycles. The second-order valence-corrected chi connectivity index (χ2v) is 6.98. The van der Waals surface area contributed by atoms with Crippen molar-refractivity contribution in [3.8, 4) is 0 Å². The summed E-state index contributed by atoms with van der Waals surface area (Å²) in [4.78, 5) is 12.1. The van der Waals surface area contributed by atoms with Crippen molar-refractivity contribution in [3.63, 3.8) is 0 Å². The molecule has 0 spiro atoms. The summed E-state index contributed by atoms with van der Waals surface area (Å²) in [7, 11) is 0. The molecule has 1 aromatic carbocycles. The van der Waals surface area contributed by atoms with Gasteiger partial charge in [-0.2, -0.15) is 11.8 Å². The van der Waals surface area contributed by atoms with E-state index >= 15 is 0 Å². The van der Waals surface area contributed by atoms with Gasteiger partial charge in [0.1, 0.15) is 0 Å². The average molecular weight is 281 g/mol. The van der Waals surface area contributed by atoms with Crippen molar-refractivity contribution in [3.05, 3.63) is 35.4 Å². The van der Waals surface area contributed by atoms with E-state index in [1.807, 2.05) is 23.9 Å². The molecular formula is C14H19NOS2. The van der Waals surface area contributed by atoms with Crippen molar-refractivity contribution in [1.82, 2.24) is 5.32 Å². The normalized spacial score (nSPS) is 21.3. The Morgan fingerprint density at radius 1 is 1.39 bits per heavy atom. The molecule has 1 fully saturated rings. The summed E-state index contributed by atoms with van der Waals surface area (Å²) in [5.74, 6) is 3.38. The molecule has 0 aromatic heterocycles. The molecule has 1 aliphatic heterocycles. The Hall–Kier alpha value is -0.610. The van der Waals surface area contributed by atoms with E-state index in [4.69, 9.17) is 0 Å². The lowest BCUT2D eigenvalue weighted by Gasteiger charge is -2.23. The summed E-state index contributed by atoms with van der Waals surface area (Å²) in [5.41, 5.74) is 2.44. The van der Waals surface area contributed by atoms with Gasteiger partial charge in [0, 0.05) is 17.3 Å². The molecule has 4 heteroatoms. The summed E-state index contributed by atoms with van der Waals surface area (Å²) < 4.78 is 0. The first-order chi connectivity index (χ1) is 8.68. The Morgan fingerprint density at radius 3 is 2.83 bits per heavy atom. The number of carbonyl (C=O) groups is 1. The fourth-order valence-corrected chi connectivity index (χ4v) is 4.66. The quantitative estimate of drug-likeness (QED) is 0.923. The van der Waals surface area contributed by atoms with E-state index in [9.17, 15) is 4.79 Å². The van der Waals surface area contributed by atoms with Crippen LogP contribution in [-0.2, 0) is 4.79 Å². The van der Waals surface area contributed by atoms with Crippen LogP contribution in [-0.4, -0.2) is 28.4 Å². The standard InChI is InChI=1S/C14H19NOS2/c1-10-5-3-4-6-12(10)11(2)15-14(16)13-9-17-7-8-18-13/h3-6,11,13H,7-9H2,1-2H3,(H,15,16). The highest BCUT2D eigenvalue weighted by Gasteiger charge is 2.23. The van der Waals surface area contributed by atoms with Crippen LogP contribution in [0.25, 0.3) is 0 Å². The number of nitrogens with one attached hydrogen (secondary N) is 1. The van der Waals surface area contributed by atoms with Crippen LogP contribution in [0.3, 0.4) is 0 Å². The molecule has 1 heterocycles. The third kappa shape index (κ3) is 3.45. The van der Waals surface area contributed by atoms with Crippen molar-refractivity contribution in [2.45, 2.75) is 25.1 Å². The Bertz CT molecular complexity index is 416. The number of thioether (sulfide) groups is 2. The zero-order valence-corrected chi connectivity index (χ0v) is 12.4. The molecule has 98 valence electrons. The highest BCUT2D eigenvalue weighted by molar-refractivity contribution is 8.07. The van der Waals surface area contributed by atoms with E-state index in [-0.39, 0.29) is 17.2 Å². The largest absolute Gasteiger partial charge is 0.349 e. The van der Waals surface area contributed by atoms with Crippen molar-refractivity contribution in [2.24, 2.45) is 0 Å². The van der Waals surface area contributed by atoms with Gasteiger partial charge in [-0.15, -0.1) is 11.8 Å². The van der Waals surface area contributed by atoms with Crippen molar-refractivity contribution >= 4 is 29.4 Å². The molecule has 1 amide bonds. The highest BCUT2D eigenvalue weighted by Crippen LogP contribution is 2.25. The molecule has 1 saturated heterocycles. The zero-order valence-electron chi connectivity index (χ0n) is 10.8. The van der Waals surface area contributed by atoms with Crippen LogP contribution in [0.4, 0.5) is 0 Å². The smallest absolute Gasteiger partial charge is 0.234 e. The molecule has 0 aliphatic carbocycles. The molecule has 2 rings (SSSR count). The maximum absolute atomic E-state index is 12.1. The van der Waals surface area contributed by atoms with Gasteiger partial charge in [-0.3, -0.25) is 4.79 Å². The van der Waals surface area contributed by atoms with Crippen molar-refractivity contribution in [1.29, 1.82) is 0 Å². The molecule has 18 heavy (non-hydrogen) atoms. The number of benzene rings is 1. The first-order valence-corrected chi connectivity index (χ1v) is 8.44. The van der Waals surface area contributed by atoms with Gasteiger partial charge in [-0.05, 0) is 25.0 Å². The van der Waals surface area contributed by atoms with Gasteiger partial charge in [0.25, 0.3) is 0 Å². The van der Waals surface area contributed by atoms with Gasteiger partial charge < -0.3 is 5.32 Å². The predicted molar refractivity (Wildman–Crippen MR) is 81.3 cm³/mol. The maximum atomic E-state index is 12.1. The highest BCUT2D eigenvalue weighted by atomic mass is 32.2. The molecule has 2 unspecified atom stereocenters. The van der Waals surface area contributed by atoms with Crippen LogP contribution < -0.4 is 5.32 Å². The molecule has 0 bridgehead atoms. The number of amides is 1. The molecule has 2 atom stereocenters. The molecule has 0 radical (unpaired) electrons. The Kier molecular flexibility index (Phi) is 5.01. The lowest BCUT2D eigenvalue weighted by atomic mass is 10.0. The van der Waals surface area contributed by atoms with E-state index in [1.54, 1.807) is 11.8 Å². The number of carbonyl (C=O) groups excluding carboxylic acids is 1. The minimum atomic E-state index is 0.0891. The summed E-state index contributed by atoms with van der Waals surface area (Å²) in [6, 6.07) is 8.31. The van der Waals surface area contributed by atoms with Crippen LogP contribution in [0.15, 0.2) is 24.3 Å². The number of hydrogen-bond donors (Lipinski definition) is 1. The third-order valence-corrected chi connectivity index (χ3v) is 5.88. The summed E-state index contributed by atoms with van der Waals surface area (Å²) in [5, 5.41) is 3.25. The van der Waals surface area contributed by atoms with E-state index in [1.165, 1.54) is 16.9 Å². The molecule has 1 N–H and O–H groups in total. The Morgan fingerprint density at radius 2 is 2.17 bits per heavy atom. The number of rotatable bonds is 3. The fourth-order valence-electron chi connectivity index (χ4n) is 2.10. The van der Waals surface area contributed by atoms with Crippen molar-refractivity contribution < 1.29 is 4.79 Å². The van der Waals surface area contributed by atoms with Crippen molar-refractivity contribution in [2.75, 3.05) is 17.3 Å². The predicted octanol–water partition coefficient (Wildman–Crippen LogP) is 3.02. The van der Waals surface area contributed by atoms with Crippen LogP contribution in [0, 0.1) is 6.92 Å². The third-order valence-electron chi connectivity index (χ3n) is 3.12. The van der Waals surface area contributed by atoms with Crippen LogP contribution in [0.1, 0.15) is 24.1 Å². The van der Waals surface area contributed by atoms with Crippen LogP contribution in [0.5, 0.6) is 0 Å². The molecule has 2 nitrogen and oxygen atoms in total. The summed E-state index contributed by atoms with van der Waals surface area (Å²) in [6.07, 6.45) is 0. The second-order valence-electron chi connectivity index (χ2n) is 4.52. The zero-order chi connectivity index (χ0) is 13.0. The molecular weight excluding hydrogens is 262 g/mol. The minimum Gasteiger partial charge on any atom is -0.349 e. The van der Waals surface area contributed by atoms with Gasteiger partial charge in [0.05, 0.1) is 11.3 Å². The van der Waals surface area contributed by atoms with Gasteiger partial charge in [-0.25, -0.2) is 0 Å². The van der Waals surface area contributed by atoms with E-state index in [0.29, 0.717) is 0 Å². The SMILES string of the molecule is Cc1ccccc1C(C)NC(=O)C1CSCCS1. The minimum absolute atomic E-state index is 0.0891. The fraction of sp³-hybridized carbons (Fsp3) is 0.500. The topological polar surface area (TPSA) is 29.1 Å². The van der Waals surface area contributed by atoms with Crippen LogP contribution in [0.2, 0.25) is 0 Å².